The first-order valence-corrected chi connectivity index (χ1v) is 20.5. The summed E-state index contributed by atoms with van der Waals surface area (Å²) in [5.41, 5.74) is 2.75. The number of alkyl carbamates (subject to hydrolysis) is 2. The lowest BCUT2D eigenvalue weighted by molar-refractivity contribution is -0.137. The summed E-state index contributed by atoms with van der Waals surface area (Å²) in [7, 11) is 9.18. The van der Waals surface area contributed by atoms with Crippen LogP contribution in [-0.4, -0.2) is 104 Å². The number of carbonyl (C=O) groups excluding carboxylic acids is 7. The standard InChI is InChI=1S/C14H14N2O4.C13H24N2O4.C11H14N2O4.C6H6.C3H6O2/c1-19-13(17)15-11-7-3-6-10-9(11)5-4-8-12(10)16-14(18)20-2;1-12(2)6-9(14-10(16)18-4)7-13(3,8-12)15-11(17)19-5;1-7-4-5-8(12-10(14)16-2)6-9(7)13-11(15)17-3;1-2-4-6-5-3-1;1-3(4)5-2/h3-8H,1-2H3,(H,15,17)(H,16,18);9H,6-8H2,1-5H3,(H,14,16)(H,15,17);4-6H,1-3H3,(H,12,14)(H,13,15);1-6H;1-2H3. The van der Waals surface area contributed by atoms with Gasteiger partial charge in [0.15, 0.2) is 0 Å². The lowest BCUT2D eigenvalue weighted by Gasteiger charge is -2.46. The fourth-order valence-corrected chi connectivity index (χ4v) is 6.60. The first kappa shape index (κ1) is 57.2. The maximum Gasteiger partial charge on any atom is 0.411 e. The van der Waals surface area contributed by atoms with Gasteiger partial charge in [0.1, 0.15) is 0 Å². The van der Waals surface area contributed by atoms with Gasteiger partial charge in [0.2, 0.25) is 0 Å². The zero-order valence-electron chi connectivity index (χ0n) is 40.1. The van der Waals surface area contributed by atoms with E-state index in [0.717, 1.165) is 29.2 Å². The third-order valence-electron chi connectivity index (χ3n) is 9.27. The van der Waals surface area contributed by atoms with Crippen molar-refractivity contribution < 1.29 is 66.7 Å². The molecule has 1 fully saturated rings. The van der Waals surface area contributed by atoms with Crippen LogP contribution in [0.5, 0.6) is 0 Å². The number of fused-ring (bicyclic) bond motifs is 1. The minimum Gasteiger partial charge on any atom is -0.469 e. The Morgan fingerprint density at radius 1 is 0.493 bits per heavy atom. The van der Waals surface area contributed by atoms with Crippen molar-refractivity contribution in [3.63, 3.8) is 0 Å². The number of esters is 1. The minimum absolute atomic E-state index is 0.0136. The van der Waals surface area contributed by atoms with Gasteiger partial charge in [-0.3, -0.25) is 26.1 Å². The molecule has 6 amide bonds. The summed E-state index contributed by atoms with van der Waals surface area (Å²) < 4.78 is 31.5. The highest BCUT2D eigenvalue weighted by atomic mass is 16.6. The second-order valence-electron chi connectivity index (χ2n) is 15.3. The highest BCUT2D eigenvalue weighted by Gasteiger charge is 2.43. The number of benzene rings is 4. The molecule has 0 saturated heterocycles. The first-order valence-electron chi connectivity index (χ1n) is 20.5. The Morgan fingerprint density at radius 2 is 0.896 bits per heavy atom. The van der Waals surface area contributed by atoms with Gasteiger partial charge in [0, 0.05) is 40.7 Å². The molecule has 4 aromatic carbocycles. The number of methoxy groups -OCH3 is 7. The van der Waals surface area contributed by atoms with E-state index in [-0.39, 0.29) is 17.4 Å². The SMILES string of the molecule is COC(=O)NC1CC(C)(C)CC(C)(NC(=O)OC)C1.COC(=O)Nc1ccc(C)c(NC(=O)OC)c1.COC(=O)Nc1cccc2c(NC(=O)OC)cccc12.COC(C)=O.c1ccccc1. The smallest absolute Gasteiger partial charge is 0.411 e. The van der Waals surface area contributed by atoms with E-state index in [1.807, 2.05) is 62.4 Å². The average Bonchev–Trinajstić information content (AvgIpc) is 3.30. The van der Waals surface area contributed by atoms with Crippen molar-refractivity contribution in [2.75, 3.05) is 71.0 Å². The van der Waals surface area contributed by atoms with Crippen LogP contribution in [0.25, 0.3) is 10.8 Å². The van der Waals surface area contributed by atoms with Gasteiger partial charge < -0.3 is 43.8 Å². The number of aryl methyl sites for hydroxylation is 1. The van der Waals surface area contributed by atoms with E-state index in [9.17, 15) is 33.6 Å². The number of hydrogen-bond donors (Lipinski definition) is 6. The first-order chi connectivity index (χ1) is 31.7. The lowest BCUT2D eigenvalue weighted by atomic mass is 9.67. The maximum absolute atomic E-state index is 11.4. The fourth-order valence-electron chi connectivity index (χ4n) is 6.60. The maximum atomic E-state index is 11.4. The third-order valence-corrected chi connectivity index (χ3v) is 9.27. The largest absolute Gasteiger partial charge is 0.469 e. The van der Waals surface area contributed by atoms with Crippen molar-refractivity contribution in [1.82, 2.24) is 10.6 Å². The number of rotatable bonds is 6. The molecule has 67 heavy (non-hydrogen) atoms. The van der Waals surface area contributed by atoms with Crippen molar-refractivity contribution in [3.8, 4) is 0 Å². The molecule has 1 saturated carbocycles. The highest BCUT2D eigenvalue weighted by Crippen LogP contribution is 2.41. The second-order valence-corrected chi connectivity index (χ2v) is 15.3. The van der Waals surface area contributed by atoms with Gasteiger partial charge in [-0.2, -0.15) is 0 Å². The Balaban J connectivity index is 0.000000451. The molecule has 0 bridgehead atoms. The van der Waals surface area contributed by atoms with Crippen molar-refractivity contribution in [3.05, 3.63) is 96.6 Å². The average molecular weight is 937 g/mol. The number of amides is 6. The molecule has 0 aliphatic heterocycles. The zero-order valence-corrected chi connectivity index (χ0v) is 40.1. The lowest BCUT2D eigenvalue weighted by Crippen LogP contribution is -2.57. The summed E-state index contributed by atoms with van der Waals surface area (Å²) >= 11 is 0. The molecule has 0 spiro atoms. The molecule has 20 nitrogen and oxygen atoms in total. The Morgan fingerprint density at radius 3 is 1.30 bits per heavy atom. The van der Waals surface area contributed by atoms with E-state index in [0.29, 0.717) is 29.2 Å². The second kappa shape index (κ2) is 29.6. The summed E-state index contributed by atoms with van der Waals surface area (Å²) in [4.78, 5) is 77.1. The summed E-state index contributed by atoms with van der Waals surface area (Å²) in [6, 6.07) is 27.8. The highest BCUT2D eigenvalue weighted by molar-refractivity contribution is 6.07. The number of ether oxygens (including phenoxy) is 7. The normalized spacial score (nSPS) is 14.8. The topological polar surface area (TPSA) is 256 Å². The Hall–Kier alpha value is -7.77. The zero-order chi connectivity index (χ0) is 50.6. The van der Waals surface area contributed by atoms with Crippen LogP contribution in [-0.2, 0) is 38.0 Å². The Bertz CT molecular complexity index is 2140. The van der Waals surface area contributed by atoms with Crippen molar-refractivity contribution in [2.45, 2.75) is 65.5 Å². The molecule has 4 aromatic rings. The Labute approximate surface area is 391 Å². The summed E-state index contributed by atoms with van der Waals surface area (Å²) in [6.07, 6.45) is -0.802. The van der Waals surface area contributed by atoms with E-state index in [1.54, 1.807) is 42.5 Å². The van der Waals surface area contributed by atoms with Crippen LogP contribution >= 0.6 is 0 Å². The van der Waals surface area contributed by atoms with Crippen LogP contribution in [0.3, 0.4) is 0 Å². The molecule has 5 rings (SSSR count). The van der Waals surface area contributed by atoms with Crippen LogP contribution < -0.4 is 31.9 Å². The van der Waals surface area contributed by atoms with Gasteiger partial charge in [-0.15, -0.1) is 0 Å². The van der Waals surface area contributed by atoms with Crippen LogP contribution in [0.4, 0.5) is 51.5 Å². The van der Waals surface area contributed by atoms with E-state index in [2.05, 4.69) is 78.9 Å². The number of carbonyl (C=O) groups is 7. The molecule has 6 N–H and O–H groups in total. The molecular formula is C47H64N6O14. The van der Waals surface area contributed by atoms with Gasteiger partial charge in [0.05, 0.1) is 61.1 Å². The summed E-state index contributed by atoms with van der Waals surface area (Å²) in [5.74, 6) is -0.245. The van der Waals surface area contributed by atoms with Gasteiger partial charge in [0.25, 0.3) is 0 Å². The molecule has 1 aliphatic rings. The summed E-state index contributed by atoms with van der Waals surface area (Å²) in [6.45, 7) is 9.40. The molecule has 366 valence electrons. The molecule has 2 atom stereocenters. The van der Waals surface area contributed by atoms with E-state index < -0.39 is 42.1 Å². The van der Waals surface area contributed by atoms with Gasteiger partial charge in [-0.05, 0) is 68.4 Å². The number of nitrogens with one attached hydrogen (secondary N) is 6. The third kappa shape index (κ3) is 22.6. The predicted molar refractivity (Wildman–Crippen MR) is 254 cm³/mol. The van der Waals surface area contributed by atoms with E-state index in [4.69, 9.17) is 0 Å². The summed E-state index contributed by atoms with van der Waals surface area (Å²) in [5, 5.41) is 17.5. The Kier molecular flexibility index (Phi) is 25.3. The van der Waals surface area contributed by atoms with Crippen molar-refractivity contribution in [1.29, 1.82) is 0 Å². The molecule has 1 aliphatic carbocycles. The van der Waals surface area contributed by atoms with Crippen molar-refractivity contribution >= 4 is 76.1 Å². The number of anilines is 4. The molecule has 20 heteroatoms. The van der Waals surface area contributed by atoms with Gasteiger partial charge in [-0.1, -0.05) is 80.6 Å². The molecule has 0 aromatic heterocycles. The quantitative estimate of drug-likeness (QED) is 0.0778. The van der Waals surface area contributed by atoms with Crippen LogP contribution in [0.2, 0.25) is 0 Å². The molecule has 2 unspecified atom stereocenters. The van der Waals surface area contributed by atoms with Crippen molar-refractivity contribution in [2.24, 2.45) is 5.41 Å². The molecule has 0 radical (unpaired) electrons. The van der Waals surface area contributed by atoms with Crippen LogP contribution in [0.1, 0.15) is 52.5 Å². The number of hydrogen-bond acceptors (Lipinski definition) is 14. The minimum atomic E-state index is -0.571. The van der Waals surface area contributed by atoms with Crippen LogP contribution in [0, 0.1) is 12.3 Å². The predicted octanol–water partition coefficient (Wildman–Crippen LogP) is 9.45. The van der Waals surface area contributed by atoms with Gasteiger partial charge in [-0.25, -0.2) is 28.8 Å². The van der Waals surface area contributed by atoms with E-state index in [1.165, 1.54) is 56.7 Å². The van der Waals surface area contributed by atoms with Gasteiger partial charge >= 0.3 is 42.5 Å². The van der Waals surface area contributed by atoms with E-state index >= 15 is 0 Å². The van der Waals surface area contributed by atoms with Crippen LogP contribution in [0.15, 0.2) is 91.0 Å². The molecule has 0 heterocycles. The fraction of sp³-hybridized carbons (Fsp3) is 0.383. The molecular weight excluding hydrogens is 873 g/mol. The monoisotopic (exact) mass is 936 g/mol.